The van der Waals surface area contributed by atoms with Crippen molar-refractivity contribution < 1.29 is 29.6 Å². The first kappa shape index (κ1) is 14.8. The lowest BCUT2D eigenvalue weighted by atomic mass is 9.98. The van der Waals surface area contributed by atoms with Gasteiger partial charge in [-0.3, -0.25) is 14.3 Å². The maximum absolute atomic E-state index is 13.2. The number of aliphatic hydroxyl groups is 4. The quantitative estimate of drug-likeness (QED) is 0.383. The van der Waals surface area contributed by atoms with E-state index < -0.39 is 54.3 Å². The predicted molar refractivity (Wildman–Crippen MR) is 60.3 cm³/mol. The van der Waals surface area contributed by atoms with E-state index in [0.29, 0.717) is 10.8 Å². The van der Waals surface area contributed by atoms with Gasteiger partial charge in [-0.1, -0.05) is 0 Å². The fourth-order valence-electron chi connectivity index (χ4n) is 1.96. The third kappa shape index (κ3) is 2.39. The van der Waals surface area contributed by atoms with Gasteiger partial charge in [0.1, 0.15) is 24.4 Å². The highest BCUT2D eigenvalue weighted by atomic mass is 19.1. The minimum atomic E-state index is -1.75. The number of aliphatic hydroxyl groups excluding tert-OH is 4. The van der Waals surface area contributed by atoms with Crippen molar-refractivity contribution in [2.75, 3.05) is 6.61 Å². The Morgan fingerprint density at radius 1 is 1.25 bits per heavy atom. The Morgan fingerprint density at radius 2 is 1.90 bits per heavy atom. The van der Waals surface area contributed by atoms with E-state index in [9.17, 15) is 29.3 Å². The molecule has 0 radical (unpaired) electrons. The van der Waals surface area contributed by atoms with Crippen molar-refractivity contribution in [3.05, 3.63) is 32.9 Å². The lowest BCUT2D eigenvalue weighted by Crippen LogP contribution is -2.58. The fraction of sp³-hybridized carbons (Fsp3) is 0.600. The van der Waals surface area contributed by atoms with Crippen LogP contribution < -0.4 is 11.2 Å². The molecule has 2 heterocycles. The molecule has 1 aromatic rings. The highest BCUT2D eigenvalue weighted by Gasteiger charge is 2.44. The molecule has 0 saturated carbocycles. The van der Waals surface area contributed by atoms with E-state index in [0.717, 1.165) is 0 Å². The molecule has 112 valence electrons. The maximum Gasteiger partial charge on any atom is 0.330 e. The standard InChI is InChI=1S/C10H13FN2O7/c11-3-1-13(10(19)12-8(3)18)9-7(17)6(16)5(15)4(2-14)20-9/h1,4-7,9,14-17H,2H2,(H,12,18,19)/t4-,5+,6+,7-,9-/m1/s1. The summed E-state index contributed by atoms with van der Waals surface area (Å²) >= 11 is 0. The molecule has 0 amide bonds. The van der Waals surface area contributed by atoms with Crippen LogP contribution in [0.1, 0.15) is 6.23 Å². The van der Waals surface area contributed by atoms with Gasteiger partial charge in [0.25, 0.3) is 5.56 Å². The van der Waals surface area contributed by atoms with E-state index in [4.69, 9.17) is 9.84 Å². The first-order chi connectivity index (χ1) is 9.36. The van der Waals surface area contributed by atoms with Gasteiger partial charge >= 0.3 is 5.69 Å². The summed E-state index contributed by atoms with van der Waals surface area (Å²) in [6, 6.07) is 0. The molecule has 0 aromatic carbocycles. The molecular formula is C10H13FN2O7. The third-order valence-electron chi connectivity index (χ3n) is 3.07. The van der Waals surface area contributed by atoms with E-state index in [1.165, 1.54) is 0 Å². The Labute approximate surface area is 110 Å². The summed E-state index contributed by atoms with van der Waals surface area (Å²) in [6.07, 6.45) is -7.38. The fourth-order valence-corrected chi connectivity index (χ4v) is 1.96. The van der Waals surface area contributed by atoms with Gasteiger partial charge in [0.05, 0.1) is 12.8 Å². The minimum absolute atomic E-state index is 0.508. The van der Waals surface area contributed by atoms with Crippen LogP contribution in [0, 0.1) is 5.82 Å². The van der Waals surface area contributed by atoms with E-state index in [1.54, 1.807) is 4.98 Å². The number of nitrogens with zero attached hydrogens (tertiary/aromatic N) is 1. The van der Waals surface area contributed by atoms with Gasteiger partial charge in [-0.05, 0) is 0 Å². The van der Waals surface area contributed by atoms with Crippen molar-refractivity contribution in [2.24, 2.45) is 0 Å². The molecule has 1 aromatic heterocycles. The van der Waals surface area contributed by atoms with Gasteiger partial charge in [0.2, 0.25) is 5.82 Å². The molecule has 1 aliphatic heterocycles. The first-order valence-corrected chi connectivity index (χ1v) is 5.68. The van der Waals surface area contributed by atoms with Crippen LogP contribution in [0.25, 0.3) is 0 Å². The Hall–Kier alpha value is -1.59. The van der Waals surface area contributed by atoms with Gasteiger partial charge in [0.15, 0.2) is 6.23 Å². The number of hydrogen-bond donors (Lipinski definition) is 5. The highest BCUT2D eigenvalue weighted by molar-refractivity contribution is 4.95. The smallest absolute Gasteiger partial charge is 0.330 e. The average Bonchev–Trinajstić information content (AvgIpc) is 2.41. The topological polar surface area (TPSA) is 145 Å². The van der Waals surface area contributed by atoms with Crippen LogP contribution in [-0.2, 0) is 4.74 Å². The summed E-state index contributed by atoms with van der Waals surface area (Å²) in [5, 5.41) is 37.9. The zero-order chi connectivity index (χ0) is 15.0. The molecule has 9 nitrogen and oxygen atoms in total. The Balaban J connectivity index is 2.44. The first-order valence-electron chi connectivity index (χ1n) is 5.68. The normalized spacial score (nSPS) is 34.1. The van der Waals surface area contributed by atoms with E-state index >= 15 is 0 Å². The molecule has 20 heavy (non-hydrogen) atoms. The SMILES string of the molecule is O=c1[nH]c(=O)n([C@@H]2O[C@H](CO)[C@H](O)[C@H](O)[C@H]2O)cc1F. The van der Waals surface area contributed by atoms with Crippen molar-refractivity contribution in [3.63, 3.8) is 0 Å². The summed E-state index contributed by atoms with van der Waals surface area (Å²) in [6.45, 7) is -0.692. The van der Waals surface area contributed by atoms with Gasteiger partial charge < -0.3 is 25.2 Å². The van der Waals surface area contributed by atoms with Gasteiger partial charge in [-0.15, -0.1) is 0 Å². The van der Waals surface area contributed by atoms with Crippen molar-refractivity contribution in [1.82, 2.24) is 9.55 Å². The minimum Gasteiger partial charge on any atom is -0.394 e. The van der Waals surface area contributed by atoms with Crippen LogP contribution in [0.15, 0.2) is 15.8 Å². The molecule has 1 saturated heterocycles. The van der Waals surface area contributed by atoms with Gasteiger partial charge in [-0.25, -0.2) is 4.79 Å². The summed E-state index contributed by atoms with van der Waals surface area (Å²) in [5.74, 6) is -1.29. The van der Waals surface area contributed by atoms with Crippen molar-refractivity contribution >= 4 is 0 Å². The Kier molecular flexibility index (Phi) is 4.01. The third-order valence-corrected chi connectivity index (χ3v) is 3.07. The highest BCUT2D eigenvalue weighted by Crippen LogP contribution is 2.27. The van der Waals surface area contributed by atoms with Crippen molar-refractivity contribution in [3.8, 4) is 0 Å². The number of ether oxygens (including phenoxy) is 1. The molecule has 5 atom stereocenters. The number of hydrogen-bond acceptors (Lipinski definition) is 7. The second-order valence-corrected chi connectivity index (χ2v) is 4.36. The molecule has 0 spiro atoms. The Bertz CT molecular complexity index is 598. The second-order valence-electron chi connectivity index (χ2n) is 4.36. The van der Waals surface area contributed by atoms with Crippen LogP contribution in [-0.4, -0.2) is 61.0 Å². The molecule has 0 bridgehead atoms. The molecule has 0 unspecified atom stereocenters. The predicted octanol–water partition coefficient (Wildman–Crippen LogP) is -3.35. The Morgan fingerprint density at radius 3 is 2.50 bits per heavy atom. The molecule has 1 fully saturated rings. The molecule has 2 rings (SSSR count). The molecule has 1 aliphatic rings. The van der Waals surface area contributed by atoms with Crippen LogP contribution >= 0.6 is 0 Å². The molecular weight excluding hydrogens is 279 g/mol. The van der Waals surface area contributed by atoms with E-state index in [1.807, 2.05) is 0 Å². The van der Waals surface area contributed by atoms with Gasteiger partial charge in [-0.2, -0.15) is 4.39 Å². The molecule has 5 N–H and O–H groups in total. The number of nitrogens with one attached hydrogen (secondary N) is 1. The van der Waals surface area contributed by atoms with Crippen molar-refractivity contribution in [1.29, 1.82) is 0 Å². The molecule has 0 aliphatic carbocycles. The lowest BCUT2D eigenvalue weighted by Gasteiger charge is -2.40. The van der Waals surface area contributed by atoms with Crippen LogP contribution in [0.4, 0.5) is 4.39 Å². The zero-order valence-corrected chi connectivity index (χ0v) is 10.0. The number of rotatable bonds is 2. The average molecular weight is 292 g/mol. The monoisotopic (exact) mass is 292 g/mol. The summed E-state index contributed by atoms with van der Waals surface area (Å²) in [4.78, 5) is 24.1. The van der Waals surface area contributed by atoms with Crippen LogP contribution in [0.3, 0.4) is 0 Å². The largest absolute Gasteiger partial charge is 0.394 e. The number of aromatic nitrogens is 2. The van der Waals surface area contributed by atoms with E-state index in [-0.39, 0.29) is 0 Å². The van der Waals surface area contributed by atoms with E-state index in [2.05, 4.69) is 0 Å². The maximum atomic E-state index is 13.2. The lowest BCUT2D eigenvalue weighted by molar-refractivity contribution is -0.252. The summed E-state index contributed by atoms with van der Waals surface area (Å²) in [7, 11) is 0. The number of halogens is 1. The second kappa shape index (κ2) is 5.42. The molecule has 10 heteroatoms. The summed E-state index contributed by atoms with van der Waals surface area (Å²) in [5.41, 5.74) is -2.31. The number of aromatic amines is 1. The van der Waals surface area contributed by atoms with Crippen molar-refractivity contribution in [2.45, 2.75) is 30.6 Å². The zero-order valence-electron chi connectivity index (χ0n) is 10.0. The van der Waals surface area contributed by atoms with Gasteiger partial charge in [0, 0.05) is 0 Å². The summed E-state index contributed by atoms with van der Waals surface area (Å²) < 4.78 is 18.8. The van der Waals surface area contributed by atoms with Crippen LogP contribution in [0.2, 0.25) is 0 Å². The number of H-pyrrole nitrogens is 1. The van der Waals surface area contributed by atoms with Crippen LogP contribution in [0.5, 0.6) is 0 Å².